The third-order valence-corrected chi connectivity index (χ3v) is 9.69. The van der Waals surface area contributed by atoms with Crippen LogP contribution in [0.4, 0.5) is 0 Å². The maximum absolute atomic E-state index is 13.9. The highest BCUT2D eigenvalue weighted by Crippen LogP contribution is 2.36. The van der Waals surface area contributed by atoms with Gasteiger partial charge in [-0.25, -0.2) is 8.42 Å². The SMILES string of the molecule is CCC(S)(C(=O)O)c1ccccc1C(=O)NCCNC(=O)c1[nH]c2ccc(Cl)cc2c1S(=O)(=O)c1cc(C)cc(C)c1. The van der Waals surface area contributed by atoms with Gasteiger partial charge in [-0.2, -0.15) is 12.6 Å². The highest BCUT2D eigenvalue weighted by Gasteiger charge is 2.37. The molecule has 1 aromatic heterocycles. The number of benzene rings is 3. The second-order valence-corrected chi connectivity index (χ2v) is 13.0. The first-order valence-corrected chi connectivity index (χ1v) is 15.4. The molecule has 0 aliphatic carbocycles. The van der Waals surface area contributed by atoms with Crippen molar-refractivity contribution in [2.24, 2.45) is 0 Å². The van der Waals surface area contributed by atoms with Crippen LogP contribution >= 0.6 is 24.2 Å². The summed E-state index contributed by atoms with van der Waals surface area (Å²) in [7, 11) is -4.14. The standard InChI is InChI=1S/C30H30ClN3O6S2/c1-4-30(41,29(37)38)23-8-6-5-7-21(23)27(35)32-11-12-33-28(36)25-26(22-16-19(31)9-10-24(22)34-25)42(39,40)20-14-17(2)13-18(3)15-20/h5-10,13-16,34,41H,4,11-12H2,1-3H3,(H,32,35)(H,33,36)(H,37,38). The van der Waals surface area contributed by atoms with Crippen molar-refractivity contribution in [3.05, 3.63) is 93.6 Å². The van der Waals surface area contributed by atoms with Gasteiger partial charge in [0.2, 0.25) is 9.84 Å². The number of aliphatic carboxylic acids is 1. The van der Waals surface area contributed by atoms with Crippen LogP contribution in [0, 0.1) is 13.8 Å². The summed E-state index contributed by atoms with van der Waals surface area (Å²) in [4.78, 5) is 40.9. The van der Waals surface area contributed by atoms with Crippen molar-refractivity contribution in [2.75, 3.05) is 13.1 Å². The molecule has 0 radical (unpaired) electrons. The average Bonchev–Trinajstić information content (AvgIpc) is 3.33. The molecule has 1 unspecified atom stereocenters. The molecule has 4 aromatic rings. The van der Waals surface area contributed by atoms with Gasteiger partial charge < -0.3 is 20.7 Å². The summed E-state index contributed by atoms with van der Waals surface area (Å²) >= 11 is 10.5. The molecule has 0 spiro atoms. The molecule has 9 nitrogen and oxygen atoms in total. The number of fused-ring (bicyclic) bond motifs is 1. The molecule has 0 saturated carbocycles. The van der Waals surface area contributed by atoms with E-state index in [0.717, 1.165) is 11.1 Å². The summed E-state index contributed by atoms with van der Waals surface area (Å²) in [5.74, 6) is -2.40. The lowest BCUT2D eigenvalue weighted by molar-refractivity contribution is -0.140. The van der Waals surface area contributed by atoms with Gasteiger partial charge in [0.25, 0.3) is 11.8 Å². The number of aryl methyl sites for hydroxylation is 2. The largest absolute Gasteiger partial charge is 0.480 e. The van der Waals surface area contributed by atoms with Crippen LogP contribution in [0.3, 0.4) is 0 Å². The number of sulfone groups is 1. The van der Waals surface area contributed by atoms with Crippen molar-refractivity contribution in [2.45, 2.75) is 41.7 Å². The molecule has 0 bridgehead atoms. The number of H-pyrrole nitrogens is 1. The smallest absolute Gasteiger partial charge is 0.324 e. The maximum atomic E-state index is 13.9. The maximum Gasteiger partial charge on any atom is 0.324 e. The van der Waals surface area contributed by atoms with E-state index in [4.69, 9.17) is 11.6 Å². The van der Waals surface area contributed by atoms with E-state index in [9.17, 15) is 27.9 Å². The minimum absolute atomic E-state index is 0.0110. The number of carbonyl (C=O) groups excluding carboxylic acids is 2. The Kier molecular flexibility index (Phi) is 9.05. The Morgan fingerprint density at radius 1 is 0.952 bits per heavy atom. The predicted octanol–water partition coefficient (Wildman–Crippen LogP) is 5.05. The molecule has 4 N–H and O–H groups in total. The third kappa shape index (κ3) is 6.04. The lowest BCUT2D eigenvalue weighted by atomic mass is 9.90. The van der Waals surface area contributed by atoms with E-state index in [1.165, 1.54) is 12.1 Å². The molecule has 3 aromatic carbocycles. The lowest BCUT2D eigenvalue weighted by Gasteiger charge is -2.25. The summed E-state index contributed by atoms with van der Waals surface area (Å²) < 4.78 is 26.2. The fourth-order valence-electron chi connectivity index (χ4n) is 4.82. The van der Waals surface area contributed by atoms with Crippen LogP contribution in [0.1, 0.15) is 50.9 Å². The van der Waals surface area contributed by atoms with Crippen LogP contribution < -0.4 is 10.6 Å². The van der Waals surface area contributed by atoms with Gasteiger partial charge in [-0.1, -0.05) is 42.8 Å². The summed E-state index contributed by atoms with van der Waals surface area (Å²) in [6.45, 7) is 5.20. The van der Waals surface area contributed by atoms with E-state index < -0.39 is 32.4 Å². The molecule has 12 heteroatoms. The fourth-order valence-corrected chi connectivity index (χ4v) is 6.97. The number of halogens is 1. The van der Waals surface area contributed by atoms with Crippen molar-refractivity contribution in [1.82, 2.24) is 15.6 Å². The first-order valence-electron chi connectivity index (χ1n) is 13.1. The Hall–Kier alpha value is -3.80. The number of nitrogens with one attached hydrogen (secondary N) is 3. The fraction of sp³-hybridized carbons (Fsp3) is 0.233. The zero-order chi connectivity index (χ0) is 30.8. The van der Waals surface area contributed by atoms with Gasteiger partial charge in [0, 0.05) is 34.6 Å². The molecular formula is C30H30ClN3O6S2. The first-order chi connectivity index (χ1) is 19.8. The molecule has 0 fully saturated rings. The second-order valence-electron chi connectivity index (χ2n) is 9.92. The van der Waals surface area contributed by atoms with Gasteiger partial charge in [0.1, 0.15) is 15.3 Å². The minimum atomic E-state index is -4.14. The van der Waals surface area contributed by atoms with Crippen LogP contribution in [0.5, 0.6) is 0 Å². The van der Waals surface area contributed by atoms with Crippen molar-refractivity contribution < 1.29 is 27.9 Å². The Bertz CT molecular complexity index is 1800. The van der Waals surface area contributed by atoms with Crippen LogP contribution in [0.2, 0.25) is 5.02 Å². The summed E-state index contributed by atoms with van der Waals surface area (Å²) in [6.07, 6.45) is 0.148. The molecule has 0 saturated heterocycles. The van der Waals surface area contributed by atoms with Gasteiger partial charge in [-0.3, -0.25) is 14.4 Å². The molecule has 4 rings (SSSR count). The van der Waals surface area contributed by atoms with Gasteiger partial charge >= 0.3 is 5.97 Å². The van der Waals surface area contributed by atoms with Crippen molar-refractivity contribution in [3.8, 4) is 0 Å². The second kappa shape index (κ2) is 12.2. The van der Waals surface area contributed by atoms with Gasteiger partial charge in [0.15, 0.2) is 0 Å². The number of rotatable bonds is 10. The first kappa shape index (κ1) is 31.1. The molecule has 1 heterocycles. The number of hydrogen-bond donors (Lipinski definition) is 5. The summed E-state index contributed by atoms with van der Waals surface area (Å²) in [5, 5.41) is 15.6. The van der Waals surface area contributed by atoms with E-state index in [2.05, 4.69) is 28.2 Å². The summed E-state index contributed by atoms with van der Waals surface area (Å²) in [5.41, 5.74) is 2.18. The van der Waals surface area contributed by atoms with Crippen LogP contribution in [0.15, 0.2) is 70.5 Å². The number of hydrogen-bond acceptors (Lipinski definition) is 6. The van der Waals surface area contributed by atoms with E-state index in [1.54, 1.807) is 63.2 Å². The number of carboxylic acids is 1. The minimum Gasteiger partial charge on any atom is -0.480 e. The number of amides is 2. The highest BCUT2D eigenvalue weighted by atomic mass is 35.5. The quantitative estimate of drug-likeness (QED) is 0.123. The Morgan fingerprint density at radius 3 is 2.19 bits per heavy atom. The van der Waals surface area contributed by atoms with E-state index in [0.29, 0.717) is 10.5 Å². The number of carboxylic acid groups (broad SMARTS) is 1. The zero-order valence-electron chi connectivity index (χ0n) is 23.1. The van der Waals surface area contributed by atoms with Crippen molar-refractivity contribution in [1.29, 1.82) is 0 Å². The van der Waals surface area contributed by atoms with Crippen molar-refractivity contribution in [3.63, 3.8) is 0 Å². The van der Waals surface area contributed by atoms with Crippen molar-refractivity contribution >= 4 is 62.8 Å². The van der Waals surface area contributed by atoms with Gasteiger partial charge in [0.05, 0.1) is 4.90 Å². The molecule has 1 atom stereocenters. The third-order valence-electron chi connectivity index (χ3n) is 6.89. The molecule has 0 aliphatic heterocycles. The lowest BCUT2D eigenvalue weighted by Crippen LogP contribution is -2.37. The van der Waals surface area contributed by atoms with E-state index in [1.807, 2.05) is 6.07 Å². The molecule has 0 aliphatic rings. The van der Waals surface area contributed by atoms with Gasteiger partial charge in [-0.15, -0.1) is 0 Å². The monoisotopic (exact) mass is 627 g/mol. The van der Waals surface area contributed by atoms with E-state index >= 15 is 0 Å². The number of carbonyl (C=O) groups is 3. The van der Waals surface area contributed by atoms with Gasteiger partial charge in [-0.05, 0) is 73.4 Å². The average molecular weight is 628 g/mol. The highest BCUT2D eigenvalue weighted by molar-refractivity contribution is 7.91. The zero-order valence-corrected chi connectivity index (χ0v) is 25.6. The van der Waals surface area contributed by atoms with Crippen LogP contribution in [-0.4, -0.2) is 49.4 Å². The van der Waals surface area contributed by atoms with Crippen LogP contribution in [0.25, 0.3) is 10.9 Å². The number of aromatic nitrogens is 1. The van der Waals surface area contributed by atoms with Crippen LogP contribution in [-0.2, 0) is 19.4 Å². The summed E-state index contributed by atoms with van der Waals surface area (Å²) in [6, 6.07) is 15.9. The predicted molar refractivity (Wildman–Crippen MR) is 164 cm³/mol. The Morgan fingerprint density at radius 2 is 1.57 bits per heavy atom. The Labute approximate surface area is 254 Å². The van der Waals surface area contributed by atoms with E-state index in [-0.39, 0.29) is 51.5 Å². The molecule has 2 amide bonds. The Balaban J connectivity index is 1.57. The molecule has 220 valence electrons. The normalized spacial score (nSPS) is 13.0. The molecular weight excluding hydrogens is 598 g/mol. The molecule has 42 heavy (non-hydrogen) atoms. The number of aromatic amines is 1. The topological polar surface area (TPSA) is 145 Å². The number of thiol groups is 1.